The molecule has 0 aliphatic rings. The molecule has 4 nitrogen and oxygen atoms in total. The van der Waals surface area contributed by atoms with E-state index in [9.17, 15) is 0 Å². The molecule has 0 saturated heterocycles. The van der Waals surface area contributed by atoms with Gasteiger partial charge in [-0.15, -0.1) is 0 Å². The van der Waals surface area contributed by atoms with Crippen molar-refractivity contribution in [2.75, 3.05) is 0 Å². The van der Waals surface area contributed by atoms with Gasteiger partial charge in [0.15, 0.2) is 0 Å². The highest BCUT2D eigenvalue weighted by Crippen LogP contribution is 2.13. The van der Waals surface area contributed by atoms with Gasteiger partial charge in [0.05, 0.1) is 19.4 Å². The first kappa shape index (κ1) is 11.9. The van der Waals surface area contributed by atoms with Crippen LogP contribution in [-0.2, 0) is 13.1 Å². The Morgan fingerprint density at radius 3 is 2.88 bits per heavy atom. The standard InChI is InChI=1S/C13H19N3O/c1-13(2,3)14-9-12-11(5-8-17-12)10-16-7-4-6-15-16/h4-8,14H,9-10H2,1-3H3. The predicted octanol–water partition coefficient (Wildman–Crippen LogP) is 2.41. The highest BCUT2D eigenvalue weighted by Gasteiger charge is 2.12. The maximum Gasteiger partial charge on any atom is 0.122 e. The van der Waals surface area contributed by atoms with E-state index in [2.05, 4.69) is 31.2 Å². The Labute approximate surface area is 102 Å². The molecule has 17 heavy (non-hydrogen) atoms. The zero-order valence-electron chi connectivity index (χ0n) is 10.6. The molecule has 0 fully saturated rings. The summed E-state index contributed by atoms with van der Waals surface area (Å²) in [7, 11) is 0. The van der Waals surface area contributed by atoms with Crippen molar-refractivity contribution in [3.63, 3.8) is 0 Å². The van der Waals surface area contributed by atoms with Crippen LogP contribution in [-0.4, -0.2) is 15.3 Å². The predicted molar refractivity (Wildman–Crippen MR) is 66.6 cm³/mol. The Morgan fingerprint density at radius 2 is 2.24 bits per heavy atom. The number of nitrogens with one attached hydrogen (secondary N) is 1. The smallest absolute Gasteiger partial charge is 0.122 e. The van der Waals surface area contributed by atoms with Crippen LogP contribution in [0.5, 0.6) is 0 Å². The molecule has 0 aliphatic carbocycles. The van der Waals surface area contributed by atoms with Crippen LogP contribution in [0.25, 0.3) is 0 Å². The zero-order valence-corrected chi connectivity index (χ0v) is 10.6. The molecule has 0 amide bonds. The monoisotopic (exact) mass is 233 g/mol. The molecule has 0 radical (unpaired) electrons. The van der Waals surface area contributed by atoms with Crippen molar-refractivity contribution < 1.29 is 4.42 Å². The van der Waals surface area contributed by atoms with Gasteiger partial charge in [-0.25, -0.2) is 0 Å². The second-order valence-corrected chi connectivity index (χ2v) is 5.18. The molecule has 0 bridgehead atoms. The number of nitrogens with zero attached hydrogens (tertiary/aromatic N) is 2. The first-order valence-corrected chi connectivity index (χ1v) is 5.82. The molecule has 2 rings (SSSR count). The van der Waals surface area contributed by atoms with Crippen molar-refractivity contribution in [3.05, 3.63) is 42.1 Å². The number of rotatable bonds is 4. The van der Waals surface area contributed by atoms with Gasteiger partial charge >= 0.3 is 0 Å². The zero-order chi connectivity index (χ0) is 12.3. The summed E-state index contributed by atoms with van der Waals surface area (Å²) in [5, 5.41) is 7.62. The van der Waals surface area contributed by atoms with Crippen molar-refractivity contribution in [2.45, 2.75) is 39.4 Å². The van der Waals surface area contributed by atoms with Gasteiger partial charge in [0.1, 0.15) is 5.76 Å². The van der Waals surface area contributed by atoms with Crippen LogP contribution in [0.2, 0.25) is 0 Å². The Morgan fingerprint density at radius 1 is 1.41 bits per heavy atom. The lowest BCUT2D eigenvalue weighted by Crippen LogP contribution is -2.35. The van der Waals surface area contributed by atoms with E-state index >= 15 is 0 Å². The summed E-state index contributed by atoms with van der Waals surface area (Å²) in [4.78, 5) is 0. The van der Waals surface area contributed by atoms with Crippen LogP contribution in [0, 0.1) is 0 Å². The molecule has 0 aromatic carbocycles. The molecule has 0 spiro atoms. The van der Waals surface area contributed by atoms with E-state index < -0.39 is 0 Å². The van der Waals surface area contributed by atoms with E-state index in [0.717, 1.165) is 18.8 Å². The fraction of sp³-hybridized carbons (Fsp3) is 0.462. The molecule has 92 valence electrons. The maximum atomic E-state index is 5.51. The second kappa shape index (κ2) is 4.75. The average molecular weight is 233 g/mol. The van der Waals surface area contributed by atoms with E-state index in [-0.39, 0.29) is 5.54 Å². The van der Waals surface area contributed by atoms with Crippen molar-refractivity contribution >= 4 is 0 Å². The Bertz CT molecular complexity index is 451. The molecular weight excluding hydrogens is 214 g/mol. The van der Waals surface area contributed by atoms with Gasteiger partial charge in [0, 0.05) is 23.5 Å². The SMILES string of the molecule is CC(C)(C)NCc1occc1Cn1cccn1. The van der Waals surface area contributed by atoms with Crippen molar-refractivity contribution in [1.82, 2.24) is 15.1 Å². The Kier molecular flexibility index (Phi) is 3.33. The van der Waals surface area contributed by atoms with Gasteiger partial charge < -0.3 is 9.73 Å². The fourth-order valence-electron chi connectivity index (χ4n) is 1.58. The molecule has 0 atom stereocenters. The third-order valence-corrected chi connectivity index (χ3v) is 2.51. The number of hydrogen-bond donors (Lipinski definition) is 1. The lowest BCUT2D eigenvalue weighted by molar-refractivity contribution is 0.385. The summed E-state index contributed by atoms with van der Waals surface area (Å²) in [6, 6.07) is 3.93. The topological polar surface area (TPSA) is 43.0 Å². The summed E-state index contributed by atoms with van der Waals surface area (Å²) in [5.41, 5.74) is 1.26. The highest BCUT2D eigenvalue weighted by atomic mass is 16.3. The molecule has 0 unspecified atom stereocenters. The summed E-state index contributed by atoms with van der Waals surface area (Å²) in [6.07, 6.45) is 5.47. The molecule has 4 heteroatoms. The molecule has 2 aromatic heterocycles. The van der Waals surface area contributed by atoms with E-state index in [1.807, 2.05) is 23.0 Å². The Balaban J connectivity index is 2.02. The minimum absolute atomic E-state index is 0.0930. The van der Waals surface area contributed by atoms with E-state index in [1.165, 1.54) is 5.56 Å². The van der Waals surface area contributed by atoms with Crippen LogP contribution in [0.1, 0.15) is 32.1 Å². The van der Waals surface area contributed by atoms with Crippen LogP contribution in [0.15, 0.2) is 35.2 Å². The van der Waals surface area contributed by atoms with Gasteiger partial charge in [0.25, 0.3) is 0 Å². The molecular formula is C13H19N3O. The lowest BCUT2D eigenvalue weighted by Gasteiger charge is -2.20. The highest BCUT2D eigenvalue weighted by molar-refractivity contribution is 5.17. The van der Waals surface area contributed by atoms with Crippen molar-refractivity contribution in [3.8, 4) is 0 Å². The number of aromatic nitrogens is 2. The van der Waals surface area contributed by atoms with Crippen LogP contribution < -0.4 is 5.32 Å². The summed E-state index contributed by atoms with van der Waals surface area (Å²) < 4.78 is 7.40. The van der Waals surface area contributed by atoms with Gasteiger partial charge in [-0.3, -0.25) is 4.68 Å². The van der Waals surface area contributed by atoms with Crippen LogP contribution in [0.3, 0.4) is 0 Å². The van der Waals surface area contributed by atoms with Crippen molar-refractivity contribution in [2.24, 2.45) is 0 Å². The molecule has 2 heterocycles. The molecule has 0 aliphatic heterocycles. The third kappa shape index (κ3) is 3.46. The summed E-state index contributed by atoms with van der Waals surface area (Å²) in [6.45, 7) is 7.92. The summed E-state index contributed by atoms with van der Waals surface area (Å²) >= 11 is 0. The quantitative estimate of drug-likeness (QED) is 0.882. The lowest BCUT2D eigenvalue weighted by atomic mass is 10.1. The van der Waals surface area contributed by atoms with Crippen LogP contribution >= 0.6 is 0 Å². The van der Waals surface area contributed by atoms with Gasteiger partial charge in [0.2, 0.25) is 0 Å². The minimum Gasteiger partial charge on any atom is -0.468 e. The van der Waals surface area contributed by atoms with E-state index in [0.29, 0.717) is 0 Å². The largest absolute Gasteiger partial charge is 0.468 e. The average Bonchev–Trinajstić information content (AvgIpc) is 2.86. The fourth-order valence-corrected chi connectivity index (χ4v) is 1.58. The van der Waals surface area contributed by atoms with Gasteiger partial charge in [-0.1, -0.05) is 0 Å². The van der Waals surface area contributed by atoms with Gasteiger partial charge in [-0.05, 0) is 32.9 Å². The summed E-state index contributed by atoms with van der Waals surface area (Å²) in [5.74, 6) is 0.982. The molecule has 0 saturated carbocycles. The maximum absolute atomic E-state index is 5.51. The minimum atomic E-state index is 0.0930. The normalized spacial score (nSPS) is 11.9. The first-order valence-electron chi connectivity index (χ1n) is 5.82. The van der Waals surface area contributed by atoms with E-state index in [4.69, 9.17) is 4.42 Å². The Hall–Kier alpha value is -1.55. The van der Waals surface area contributed by atoms with E-state index in [1.54, 1.807) is 12.5 Å². The molecule has 1 N–H and O–H groups in total. The van der Waals surface area contributed by atoms with Crippen molar-refractivity contribution in [1.29, 1.82) is 0 Å². The number of hydrogen-bond acceptors (Lipinski definition) is 3. The van der Waals surface area contributed by atoms with Crippen LogP contribution in [0.4, 0.5) is 0 Å². The first-order chi connectivity index (χ1) is 8.04. The second-order valence-electron chi connectivity index (χ2n) is 5.18. The number of furan rings is 1. The molecule has 2 aromatic rings. The third-order valence-electron chi connectivity index (χ3n) is 2.51. The van der Waals surface area contributed by atoms with Gasteiger partial charge in [-0.2, -0.15) is 5.10 Å².